The smallest absolute Gasteiger partial charge is 0.260 e. The molecule has 2 aromatic heterocycles. The molecule has 0 aliphatic rings. The van der Waals surface area contributed by atoms with Gasteiger partial charge in [0.2, 0.25) is 0 Å². The molecule has 160 valence electrons. The molecule has 5 nitrogen and oxygen atoms in total. The van der Waals surface area contributed by atoms with Crippen LogP contribution < -0.4 is 4.90 Å². The first-order chi connectivity index (χ1) is 14.9. The topological polar surface area (TPSA) is 51.0 Å². The van der Waals surface area contributed by atoms with E-state index in [1.54, 1.807) is 28.0 Å². The third kappa shape index (κ3) is 4.99. The first kappa shape index (κ1) is 21.6. The van der Waals surface area contributed by atoms with Crippen molar-refractivity contribution in [1.29, 1.82) is 0 Å². The van der Waals surface area contributed by atoms with E-state index < -0.39 is 0 Å². The molecule has 0 radical (unpaired) electrons. The SMILES string of the molecule is Cc1cc(C)n(CCN(C(=O)c2ccc(SC(C)C)cc2)c2nc3ccccc3s2)n1. The van der Waals surface area contributed by atoms with Gasteiger partial charge in [-0.2, -0.15) is 5.10 Å². The molecule has 2 heterocycles. The van der Waals surface area contributed by atoms with E-state index in [-0.39, 0.29) is 5.91 Å². The lowest BCUT2D eigenvalue weighted by Gasteiger charge is -2.20. The number of hydrogen-bond donors (Lipinski definition) is 0. The van der Waals surface area contributed by atoms with Crippen molar-refractivity contribution < 1.29 is 4.79 Å². The van der Waals surface area contributed by atoms with Gasteiger partial charge in [0.05, 0.1) is 22.5 Å². The fraction of sp³-hybridized carbons (Fsp3) is 0.292. The molecule has 0 aliphatic heterocycles. The minimum absolute atomic E-state index is 0.0401. The highest BCUT2D eigenvalue weighted by atomic mass is 32.2. The Balaban J connectivity index is 1.63. The molecule has 0 fully saturated rings. The van der Waals surface area contributed by atoms with Crippen molar-refractivity contribution in [1.82, 2.24) is 14.8 Å². The van der Waals surface area contributed by atoms with Gasteiger partial charge in [0.15, 0.2) is 5.13 Å². The number of para-hydroxylation sites is 1. The van der Waals surface area contributed by atoms with Gasteiger partial charge in [-0.1, -0.05) is 37.3 Å². The highest BCUT2D eigenvalue weighted by Crippen LogP contribution is 2.30. The second-order valence-corrected chi connectivity index (χ2v) is 10.4. The van der Waals surface area contributed by atoms with E-state index in [2.05, 4.69) is 25.0 Å². The van der Waals surface area contributed by atoms with Crippen molar-refractivity contribution in [3.8, 4) is 0 Å². The van der Waals surface area contributed by atoms with Crippen LogP contribution in [0.1, 0.15) is 35.6 Å². The van der Waals surface area contributed by atoms with Gasteiger partial charge in [-0.3, -0.25) is 14.4 Å². The molecule has 0 spiro atoms. The fourth-order valence-electron chi connectivity index (χ4n) is 3.46. The van der Waals surface area contributed by atoms with Crippen LogP contribution in [0.25, 0.3) is 10.2 Å². The molecule has 0 N–H and O–H groups in total. The standard InChI is InChI=1S/C24H26N4OS2/c1-16(2)30-20-11-9-19(10-12-20)23(29)27(13-14-28-18(4)15-17(3)26-28)24-25-21-7-5-6-8-22(21)31-24/h5-12,15-16H,13-14H2,1-4H3. The third-order valence-corrected chi connectivity index (χ3v) is 6.95. The molecular formula is C24H26N4OS2. The van der Waals surface area contributed by atoms with Gasteiger partial charge in [-0.05, 0) is 56.3 Å². The number of amides is 1. The molecule has 1 amide bonds. The van der Waals surface area contributed by atoms with Crippen molar-refractivity contribution >= 4 is 44.4 Å². The summed E-state index contributed by atoms with van der Waals surface area (Å²) in [5.41, 5.74) is 3.65. The highest BCUT2D eigenvalue weighted by Gasteiger charge is 2.22. The number of benzene rings is 2. The zero-order chi connectivity index (χ0) is 22.0. The summed E-state index contributed by atoms with van der Waals surface area (Å²) in [7, 11) is 0. The second-order valence-electron chi connectivity index (χ2n) is 7.76. The second kappa shape index (κ2) is 9.24. The summed E-state index contributed by atoms with van der Waals surface area (Å²) in [5.74, 6) is -0.0401. The Morgan fingerprint density at radius 1 is 1.13 bits per heavy atom. The van der Waals surface area contributed by atoms with Gasteiger partial charge < -0.3 is 0 Å². The van der Waals surface area contributed by atoms with Crippen molar-refractivity contribution in [3.05, 3.63) is 71.5 Å². The maximum Gasteiger partial charge on any atom is 0.260 e. The van der Waals surface area contributed by atoms with E-state index >= 15 is 0 Å². The van der Waals surface area contributed by atoms with Crippen molar-refractivity contribution in [2.45, 2.75) is 44.4 Å². The number of aryl methyl sites for hydroxylation is 2. The highest BCUT2D eigenvalue weighted by molar-refractivity contribution is 7.99. The van der Waals surface area contributed by atoms with E-state index in [4.69, 9.17) is 4.98 Å². The van der Waals surface area contributed by atoms with E-state index in [1.165, 1.54) is 4.90 Å². The van der Waals surface area contributed by atoms with Crippen LogP contribution in [-0.2, 0) is 6.54 Å². The lowest BCUT2D eigenvalue weighted by molar-refractivity contribution is 0.0985. The van der Waals surface area contributed by atoms with Crippen LogP contribution in [0, 0.1) is 13.8 Å². The van der Waals surface area contributed by atoms with Gasteiger partial charge >= 0.3 is 0 Å². The average molecular weight is 451 g/mol. The molecule has 0 bridgehead atoms. The van der Waals surface area contributed by atoms with Crippen LogP contribution >= 0.6 is 23.1 Å². The minimum Gasteiger partial charge on any atom is -0.282 e. The molecule has 4 rings (SSSR count). The third-order valence-electron chi connectivity index (χ3n) is 4.87. The summed E-state index contributed by atoms with van der Waals surface area (Å²) < 4.78 is 3.02. The first-order valence-corrected chi connectivity index (χ1v) is 12.1. The Morgan fingerprint density at radius 2 is 1.87 bits per heavy atom. The van der Waals surface area contributed by atoms with E-state index in [0.29, 0.717) is 29.0 Å². The molecular weight excluding hydrogens is 424 g/mol. The zero-order valence-corrected chi connectivity index (χ0v) is 19.8. The summed E-state index contributed by atoms with van der Waals surface area (Å²) in [4.78, 5) is 21.2. The molecule has 0 saturated heterocycles. The number of anilines is 1. The Kier molecular flexibility index (Phi) is 6.43. The maximum atomic E-state index is 13.5. The zero-order valence-electron chi connectivity index (χ0n) is 18.2. The number of thioether (sulfide) groups is 1. The number of aromatic nitrogens is 3. The predicted octanol–water partition coefficient (Wildman–Crippen LogP) is 5.96. The largest absolute Gasteiger partial charge is 0.282 e. The number of carbonyl (C=O) groups is 1. The van der Waals surface area contributed by atoms with Crippen LogP contribution in [0.5, 0.6) is 0 Å². The number of fused-ring (bicyclic) bond motifs is 1. The van der Waals surface area contributed by atoms with Gasteiger partial charge in [0.1, 0.15) is 0 Å². The molecule has 0 unspecified atom stereocenters. The van der Waals surface area contributed by atoms with E-state index in [1.807, 2.05) is 67.1 Å². The normalized spacial score (nSPS) is 11.4. The maximum absolute atomic E-state index is 13.5. The van der Waals surface area contributed by atoms with Crippen LogP contribution in [0.15, 0.2) is 59.5 Å². The fourth-order valence-corrected chi connectivity index (χ4v) is 5.29. The number of thiazole rings is 1. The molecule has 0 aliphatic carbocycles. The molecule has 7 heteroatoms. The lowest BCUT2D eigenvalue weighted by Crippen LogP contribution is -2.34. The summed E-state index contributed by atoms with van der Waals surface area (Å²) in [6.07, 6.45) is 0. The van der Waals surface area contributed by atoms with Crippen LogP contribution in [0.3, 0.4) is 0 Å². The van der Waals surface area contributed by atoms with Crippen molar-refractivity contribution in [2.75, 3.05) is 11.4 Å². The molecule has 4 aromatic rings. The van der Waals surface area contributed by atoms with Crippen LogP contribution in [-0.4, -0.2) is 32.5 Å². The molecule has 2 aromatic carbocycles. The van der Waals surface area contributed by atoms with Gasteiger partial charge in [-0.25, -0.2) is 4.98 Å². The minimum atomic E-state index is -0.0401. The first-order valence-electron chi connectivity index (χ1n) is 10.4. The summed E-state index contributed by atoms with van der Waals surface area (Å²) in [6, 6.07) is 17.9. The number of carbonyl (C=O) groups excluding carboxylic acids is 1. The predicted molar refractivity (Wildman–Crippen MR) is 130 cm³/mol. The van der Waals surface area contributed by atoms with Gasteiger partial charge in [0.25, 0.3) is 5.91 Å². The summed E-state index contributed by atoms with van der Waals surface area (Å²) in [6.45, 7) is 9.46. The Bertz CT molecular complexity index is 1160. The van der Waals surface area contributed by atoms with Crippen LogP contribution in [0.2, 0.25) is 0 Å². The molecule has 0 atom stereocenters. The molecule has 31 heavy (non-hydrogen) atoms. The Hall–Kier alpha value is -2.64. The van der Waals surface area contributed by atoms with E-state index in [0.717, 1.165) is 21.6 Å². The molecule has 0 saturated carbocycles. The Labute approximate surface area is 191 Å². The van der Waals surface area contributed by atoms with Crippen molar-refractivity contribution in [2.24, 2.45) is 0 Å². The van der Waals surface area contributed by atoms with Crippen LogP contribution in [0.4, 0.5) is 5.13 Å². The number of nitrogens with zero attached hydrogens (tertiary/aromatic N) is 4. The lowest BCUT2D eigenvalue weighted by atomic mass is 10.2. The summed E-state index contributed by atoms with van der Waals surface area (Å²) >= 11 is 3.34. The van der Waals surface area contributed by atoms with Gasteiger partial charge in [-0.15, -0.1) is 11.8 Å². The van der Waals surface area contributed by atoms with Gasteiger partial charge in [0, 0.05) is 27.9 Å². The monoisotopic (exact) mass is 450 g/mol. The van der Waals surface area contributed by atoms with E-state index in [9.17, 15) is 4.79 Å². The average Bonchev–Trinajstić information content (AvgIpc) is 3.30. The quantitative estimate of drug-likeness (QED) is 0.326. The van der Waals surface area contributed by atoms with Crippen molar-refractivity contribution in [3.63, 3.8) is 0 Å². The number of hydrogen-bond acceptors (Lipinski definition) is 5. The Morgan fingerprint density at radius 3 is 2.52 bits per heavy atom. The number of rotatable bonds is 7. The summed E-state index contributed by atoms with van der Waals surface area (Å²) in [5, 5.41) is 5.77.